The zero-order valence-corrected chi connectivity index (χ0v) is 17.1. The summed E-state index contributed by atoms with van der Waals surface area (Å²) in [6.07, 6.45) is 0. The van der Waals surface area contributed by atoms with Gasteiger partial charge in [-0.05, 0) is 56.4 Å². The number of carbonyl (C=O) groups is 1. The Bertz CT molecular complexity index is 1140. The lowest BCUT2D eigenvalue weighted by atomic mass is 10.2. The summed E-state index contributed by atoms with van der Waals surface area (Å²) < 4.78 is 7.21. The number of para-hydroxylation sites is 1. The lowest BCUT2D eigenvalue weighted by molar-refractivity contribution is -0.132. The van der Waals surface area contributed by atoms with Gasteiger partial charge in [0, 0.05) is 13.1 Å². The average Bonchev–Trinajstić information content (AvgIpc) is 2.68. The first-order valence-corrected chi connectivity index (χ1v) is 9.69. The highest BCUT2D eigenvalue weighted by atomic mass is 35.5. The van der Waals surface area contributed by atoms with Crippen molar-refractivity contribution in [1.82, 2.24) is 14.5 Å². The summed E-state index contributed by atoms with van der Waals surface area (Å²) in [4.78, 5) is 29.7. The molecule has 0 saturated heterocycles. The van der Waals surface area contributed by atoms with Crippen molar-refractivity contribution in [2.45, 2.75) is 13.8 Å². The number of rotatable bonds is 6. The number of fused-ring (bicyclic) bond motifs is 1. The van der Waals surface area contributed by atoms with E-state index in [1.807, 2.05) is 19.9 Å². The second kappa shape index (κ2) is 8.58. The molecule has 146 valence electrons. The lowest BCUT2D eigenvalue weighted by Gasteiger charge is -2.19. The van der Waals surface area contributed by atoms with Crippen molar-refractivity contribution in [1.29, 1.82) is 0 Å². The first-order valence-electron chi connectivity index (χ1n) is 8.90. The summed E-state index contributed by atoms with van der Waals surface area (Å²) in [5, 5.41) is 0.816. The Hall–Kier alpha value is -2.64. The predicted molar refractivity (Wildman–Crippen MR) is 113 cm³/mol. The van der Waals surface area contributed by atoms with Crippen LogP contribution >= 0.6 is 23.8 Å². The van der Waals surface area contributed by atoms with E-state index in [-0.39, 0.29) is 22.8 Å². The van der Waals surface area contributed by atoms with Gasteiger partial charge in [0.1, 0.15) is 5.75 Å². The van der Waals surface area contributed by atoms with Gasteiger partial charge < -0.3 is 14.6 Å². The predicted octanol–water partition coefficient (Wildman–Crippen LogP) is 3.95. The molecule has 0 bridgehead atoms. The van der Waals surface area contributed by atoms with Crippen LogP contribution in [-0.2, 0) is 4.79 Å². The van der Waals surface area contributed by atoms with Gasteiger partial charge in [-0.15, -0.1) is 0 Å². The Kier molecular flexibility index (Phi) is 6.16. The van der Waals surface area contributed by atoms with Crippen molar-refractivity contribution >= 4 is 40.6 Å². The molecule has 6 nitrogen and oxygen atoms in total. The molecule has 0 aliphatic heterocycles. The molecule has 28 heavy (non-hydrogen) atoms. The monoisotopic (exact) mass is 417 g/mol. The van der Waals surface area contributed by atoms with Gasteiger partial charge in [-0.2, -0.15) is 0 Å². The minimum atomic E-state index is -0.235. The van der Waals surface area contributed by atoms with Gasteiger partial charge in [0.05, 0.1) is 21.6 Å². The van der Waals surface area contributed by atoms with Crippen LogP contribution in [0, 0.1) is 4.77 Å². The van der Waals surface area contributed by atoms with Crippen LogP contribution in [0.1, 0.15) is 13.8 Å². The van der Waals surface area contributed by atoms with Crippen LogP contribution in [0.5, 0.6) is 5.75 Å². The summed E-state index contributed by atoms with van der Waals surface area (Å²) in [7, 11) is 0. The zero-order chi connectivity index (χ0) is 20.3. The Morgan fingerprint density at radius 3 is 2.61 bits per heavy atom. The van der Waals surface area contributed by atoms with Crippen LogP contribution in [0.2, 0.25) is 5.02 Å². The molecule has 1 aromatic heterocycles. The largest absolute Gasteiger partial charge is 0.482 e. The topological polar surface area (TPSA) is 67.3 Å². The van der Waals surface area contributed by atoms with E-state index < -0.39 is 0 Å². The number of hydrogen-bond acceptors (Lipinski definition) is 4. The van der Waals surface area contributed by atoms with Crippen molar-refractivity contribution < 1.29 is 9.53 Å². The van der Waals surface area contributed by atoms with E-state index in [1.165, 1.54) is 4.57 Å². The molecule has 3 aromatic rings. The van der Waals surface area contributed by atoms with E-state index in [9.17, 15) is 9.59 Å². The number of H-pyrrole nitrogens is 1. The molecule has 3 rings (SSSR count). The number of aromatic nitrogens is 2. The maximum atomic E-state index is 12.9. The fraction of sp³-hybridized carbons (Fsp3) is 0.250. The van der Waals surface area contributed by atoms with Gasteiger partial charge >= 0.3 is 0 Å². The highest BCUT2D eigenvalue weighted by molar-refractivity contribution is 7.71. The number of aromatic amines is 1. The van der Waals surface area contributed by atoms with Crippen molar-refractivity contribution in [3.05, 3.63) is 62.6 Å². The van der Waals surface area contributed by atoms with Crippen LogP contribution in [0.3, 0.4) is 0 Å². The number of ether oxygens (including phenoxy) is 1. The summed E-state index contributed by atoms with van der Waals surface area (Å²) in [6, 6.07) is 12.1. The van der Waals surface area contributed by atoms with Crippen LogP contribution in [0.25, 0.3) is 16.6 Å². The summed E-state index contributed by atoms with van der Waals surface area (Å²) in [5.41, 5.74) is 0.958. The van der Waals surface area contributed by atoms with E-state index in [2.05, 4.69) is 4.98 Å². The van der Waals surface area contributed by atoms with E-state index in [0.29, 0.717) is 40.5 Å². The molecule has 8 heteroatoms. The number of nitrogens with one attached hydrogen (secondary N) is 1. The maximum absolute atomic E-state index is 12.9. The third-order valence-electron chi connectivity index (χ3n) is 4.45. The molecule has 0 unspecified atom stereocenters. The standard InChI is InChI=1S/C20H20ClN3O3S/c1-3-23(4-2)18(25)12-27-17-10-9-13(11-15(17)21)24-19(26)14-7-5-6-8-16(14)22-20(24)28/h5-11H,3-4,12H2,1-2H3,(H,22,28). The Labute approximate surface area is 172 Å². The first-order chi connectivity index (χ1) is 13.5. The van der Waals surface area contributed by atoms with Crippen molar-refractivity contribution in [2.24, 2.45) is 0 Å². The smallest absolute Gasteiger partial charge is 0.266 e. The number of nitrogens with zero attached hydrogens (tertiary/aromatic N) is 2. The molecule has 2 aromatic carbocycles. The van der Waals surface area contributed by atoms with Gasteiger partial charge in [0.25, 0.3) is 11.5 Å². The summed E-state index contributed by atoms with van der Waals surface area (Å²) in [6.45, 7) is 4.96. The summed E-state index contributed by atoms with van der Waals surface area (Å²) >= 11 is 11.7. The van der Waals surface area contributed by atoms with Crippen LogP contribution in [0.15, 0.2) is 47.3 Å². The van der Waals surface area contributed by atoms with Gasteiger partial charge in [0.15, 0.2) is 11.4 Å². The normalized spacial score (nSPS) is 10.8. The summed E-state index contributed by atoms with van der Waals surface area (Å²) in [5.74, 6) is 0.257. The van der Waals surface area contributed by atoms with Gasteiger partial charge in [-0.25, -0.2) is 0 Å². The molecular weight excluding hydrogens is 398 g/mol. The van der Waals surface area contributed by atoms with Gasteiger partial charge in [0.2, 0.25) is 0 Å². The minimum Gasteiger partial charge on any atom is -0.482 e. The quantitative estimate of drug-likeness (QED) is 0.616. The molecule has 0 fully saturated rings. The highest BCUT2D eigenvalue weighted by Crippen LogP contribution is 2.27. The fourth-order valence-electron chi connectivity index (χ4n) is 2.95. The number of amides is 1. The molecule has 0 aliphatic carbocycles. The van der Waals surface area contributed by atoms with Crippen LogP contribution in [0.4, 0.5) is 0 Å². The van der Waals surface area contributed by atoms with Gasteiger partial charge in [-0.3, -0.25) is 14.2 Å². The molecule has 1 N–H and O–H groups in total. The van der Waals surface area contributed by atoms with Crippen LogP contribution in [-0.4, -0.2) is 40.1 Å². The number of benzene rings is 2. The van der Waals surface area contributed by atoms with Crippen LogP contribution < -0.4 is 10.3 Å². The molecule has 0 saturated carbocycles. The SMILES string of the molecule is CCN(CC)C(=O)COc1ccc(-n2c(=S)[nH]c3ccccc3c2=O)cc1Cl. The number of halogens is 1. The zero-order valence-electron chi connectivity index (χ0n) is 15.6. The molecule has 1 amide bonds. The number of likely N-dealkylation sites (N-methyl/N-ethyl adjacent to an activating group) is 1. The van der Waals surface area contributed by atoms with Crippen molar-refractivity contribution in [2.75, 3.05) is 19.7 Å². The first kappa shape index (κ1) is 20.1. The Morgan fingerprint density at radius 2 is 1.93 bits per heavy atom. The molecule has 1 heterocycles. The minimum absolute atomic E-state index is 0.100. The molecular formula is C20H20ClN3O3S. The van der Waals surface area contributed by atoms with E-state index >= 15 is 0 Å². The highest BCUT2D eigenvalue weighted by Gasteiger charge is 2.13. The molecule has 0 aliphatic rings. The van der Waals surface area contributed by atoms with E-state index in [0.717, 1.165) is 0 Å². The van der Waals surface area contributed by atoms with Gasteiger partial charge in [-0.1, -0.05) is 23.7 Å². The lowest BCUT2D eigenvalue weighted by Crippen LogP contribution is -2.34. The second-order valence-electron chi connectivity index (χ2n) is 6.09. The van der Waals surface area contributed by atoms with Crippen molar-refractivity contribution in [3.8, 4) is 11.4 Å². The molecule has 0 radical (unpaired) electrons. The average molecular weight is 418 g/mol. The molecule has 0 atom stereocenters. The molecule has 0 spiro atoms. The Morgan fingerprint density at radius 1 is 1.21 bits per heavy atom. The second-order valence-corrected chi connectivity index (χ2v) is 6.88. The van der Waals surface area contributed by atoms with Crippen molar-refractivity contribution in [3.63, 3.8) is 0 Å². The number of carbonyl (C=O) groups excluding carboxylic acids is 1. The Balaban J connectivity index is 1.91. The maximum Gasteiger partial charge on any atom is 0.266 e. The third kappa shape index (κ3) is 3.95. The fourth-order valence-corrected chi connectivity index (χ4v) is 3.48. The van der Waals surface area contributed by atoms with E-state index in [1.54, 1.807) is 41.3 Å². The number of hydrogen-bond donors (Lipinski definition) is 1. The van der Waals surface area contributed by atoms with E-state index in [4.69, 9.17) is 28.6 Å². The third-order valence-corrected chi connectivity index (χ3v) is 5.03.